The Labute approximate surface area is 143 Å². The summed E-state index contributed by atoms with van der Waals surface area (Å²) in [7, 11) is 3.68. The van der Waals surface area contributed by atoms with Crippen LogP contribution in [0.15, 0.2) is 36.5 Å². The number of nitrogens with zero attached hydrogens (tertiary/aromatic N) is 3. The third-order valence-corrected chi connectivity index (χ3v) is 3.69. The first-order valence-corrected chi connectivity index (χ1v) is 7.48. The van der Waals surface area contributed by atoms with Crippen LogP contribution in [0, 0.1) is 0 Å². The number of benzene rings is 1. The zero-order valence-corrected chi connectivity index (χ0v) is 14.9. The summed E-state index contributed by atoms with van der Waals surface area (Å²) in [6.45, 7) is 4.72. The summed E-state index contributed by atoms with van der Waals surface area (Å²) in [6.07, 6.45) is 1.97. The maximum absolute atomic E-state index is 12.5. The van der Waals surface area contributed by atoms with Crippen LogP contribution in [0.3, 0.4) is 0 Å². The van der Waals surface area contributed by atoms with Gasteiger partial charge in [-0.15, -0.1) is 12.4 Å². The topological polar surface area (TPSA) is 64.2 Å². The monoisotopic (exact) mass is 336 g/mol. The summed E-state index contributed by atoms with van der Waals surface area (Å²) in [5, 5.41) is 4.47. The minimum absolute atomic E-state index is 0. The van der Waals surface area contributed by atoms with Crippen molar-refractivity contribution in [2.45, 2.75) is 32.4 Å². The number of rotatable bonds is 5. The van der Waals surface area contributed by atoms with E-state index in [0.717, 1.165) is 16.8 Å². The van der Waals surface area contributed by atoms with E-state index < -0.39 is 6.04 Å². The normalized spacial score (nSPS) is 11.9. The number of aryl methyl sites for hydroxylation is 1. The van der Waals surface area contributed by atoms with Gasteiger partial charge in [0, 0.05) is 32.4 Å². The predicted molar refractivity (Wildman–Crippen MR) is 94.4 cm³/mol. The summed E-state index contributed by atoms with van der Waals surface area (Å²) >= 11 is 0. The van der Waals surface area contributed by atoms with Crippen molar-refractivity contribution in [1.29, 1.82) is 0 Å². The van der Waals surface area contributed by atoms with Crippen molar-refractivity contribution in [3.8, 4) is 0 Å². The Morgan fingerprint density at radius 3 is 2.48 bits per heavy atom. The van der Waals surface area contributed by atoms with Gasteiger partial charge < -0.3 is 10.6 Å². The number of aromatic nitrogens is 2. The second kappa shape index (κ2) is 8.13. The lowest BCUT2D eigenvalue weighted by Gasteiger charge is -2.22. The van der Waals surface area contributed by atoms with Crippen LogP contribution in [0.2, 0.25) is 0 Å². The molecule has 0 radical (unpaired) electrons. The summed E-state index contributed by atoms with van der Waals surface area (Å²) in [5.74, 6) is 0.229. The SMILES string of the molecule is CC(C)c1nn(C)cc1CN(C)C(=O)C(N)c1ccccc1.Cl. The number of halogens is 1. The molecule has 0 aliphatic heterocycles. The highest BCUT2D eigenvalue weighted by Crippen LogP contribution is 2.20. The van der Waals surface area contributed by atoms with Crippen molar-refractivity contribution in [2.75, 3.05) is 7.05 Å². The number of hydrogen-bond acceptors (Lipinski definition) is 3. The summed E-state index contributed by atoms with van der Waals surface area (Å²) in [6, 6.07) is 8.81. The zero-order valence-electron chi connectivity index (χ0n) is 14.1. The van der Waals surface area contributed by atoms with Crippen molar-refractivity contribution in [3.63, 3.8) is 0 Å². The molecule has 0 saturated heterocycles. The molecule has 6 heteroatoms. The van der Waals surface area contributed by atoms with E-state index in [1.807, 2.05) is 43.6 Å². The van der Waals surface area contributed by atoms with Gasteiger partial charge in [0.05, 0.1) is 5.69 Å². The molecule has 1 aromatic carbocycles. The number of carbonyl (C=O) groups excluding carboxylic acids is 1. The third-order valence-electron chi connectivity index (χ3n) is 3.69. The molecule has 1 amide bonds. The maximum Gasteiger partial charge on any atom is 0.244 e. The lowest BCUT2D eigenvalue weighted by atomic mass is 10.0. The first-order valence-electron chi connectivity index (χ1n) is 7.48. The van der Waals surface area contributed by atoms with E-state index in [0.29, 0.717) is 12.5 Å². The molecule has 0 bridgehead atoms. The molecular weight excluding hydrogens is 312 g/mol. The molecule has 1 unspecified atom stereocenters. The molecule has 1 heterocycles. The first-order chi connectivity index (χ1) is 10.4. The summed E-state index contributed by atoms with van der Waals surface area (Å²) < 4.78 is 1.79. The minimum atomic E-state index is -0.634. The van der Waals surface area contributed by atoms with E-state index >= 15 is 0 Å². The van der Waals surface area contributed by atoms with Gasteiger partial charge in [0.1, 0.15) is 6.04 Å². The van der Waals surface area contributed by atoms with Crippen LogP contribution in [0.5, 0.6) is 0 Å². The van der Waals surface area contributed by atoms with Gasteiger partial charge in [-0.05, 0) is 11.5 Å². The van der Waals surface area contributed by atoms with Gasteiger partial charge in [-0.3, -0.25) is 9.48 Å². The van der Waals surface area contributed by atoms with E-state index in [4.69, 9.17) is 5.73 Å². The Morgan fingerprint density at radius 2 is 1.91 bits per heavy atom. The van der Waals surface area contributed by atoms with Gasteiger partial charge in [-0.2, -0.15) is 5.10 Å². The molecule has 126 valence electrons. The van der Waals surface area contributed by atoms with Crippen LogP contribution < -0.4 is 5.73 Å². The fraction of sp³-hybridized carbons (Fsp3) is 0.412. The van der Waals surface area contributed by atoms with Gasteiger partial charge in [-0.1, -0.05) is 44.2 Å². The first kappa shape index (κ1) is 19.2. The van der Waals surface area contributed by atoms with E-state index in [1.54, 1.807) is 16.6 Å². The van der Waals surface area contributed by atoms with Gasteiger partial charge in [0.15, 0.2) is 0 Å². The molecule has 23 heavy (non-hydrogen) atoms. The highest BCUT2D eigenvalue weighted by Gasteiger charge is 2.21. The average molecular weight is 337 g/mol. The van der Waals surface area contributed by atoms with Crippen LogP contribution in [0.1, 0.15) is 42.6 Å². The Hall–Kier alpha value is -1.85. The van der Waals surface area contributed by atoms with Crippen molar-refractivity contribution in [2.24, 2.45) is 12.8 Å². The predicted octanol–water partition coefficient (Wildman–Crippen LogP) is 2.62. The van der Waals surface area contributed by atoms with Gasteiger partial charge in [-0.25, -0.2) is 0 Å². The largest absolute Gasteiger partial charge is 0.340 e. The van der Waals surface area contributed by atoms with E-state index in [-0.39, 0.29) is 18.3 Å². The van der Waals surface area contributed by atoms with Gasteiger partial charge >= 0.3 is 0 Å². The van der Waals surface area contributed by atoms with Gasteiger partial charge in [0.25, 0.3) is 0 Å². The van der Waals surface area contributed by atoms with E-state index in [9.17, 15) is 4.79 Å². The summed E-state index contributed by atoms with van der Waals surface area (Å²) in [4.78, 5) is 14.2. The molecule has 2 rings (SSSR count). The Kier molecular flexibility index (Phi) is 6.79. The molecule has 2 aromatic rings. The third kappa shape index (κ3) is 4.56. The molecule has 0 aliphatic carbocycles. The molecule has 1 atom stereocenters. The van der Waals surface area contributed by atoms with Crippen LogP contribution in [0.4, 0.5) is 0 Å². The molecule has 1 aromatic heterocycles. The molecular formula is C17H25ClN4O. The van der Waals surface area contributed by atoms with Crippen LogP contribution in [0.25, 0.3) is 0 Å². The lowest BCUT2D eigenvalue weighted by Crippen LogP contribution is -2.35. The smallest absolute Gasteiger partial charge is 0.244 e. The Morgan fingerprint density at radius 1 is 1.30 bits per heavy atom. The standard InChI is InChI=1S/C17H24N4O.ClH/c1-12(2)16-14(11-21(4)19-16)10-20(3)17(22)15(18)13-8-6-5-7-9-13;/h5-9,11-12,15H,10,18H2,1-4H3;1H. The number of carbonyl (C=O) groups is 1. The molecule has 0 spiro atoms. The van der Waals surface area contributed by atoms with Crippen molar-refractivity contribution in [3.05, 3.63) is 53.3 Å². The maximum atomic E-state index is 12.5. The van der Waals surface area contributed by atoms with E-state index in [2.05, 4.69) is 18.9 Å². The van der Waals surface area contributed by atoms with Crippen molar-refractivity contribution < 1.29 is 4.79 Å². The minimum Gasteiger partial charge on any atom is -0.340 e. The van der Waals surface area contributed by atoms with Crippen LogP contribution >= 0.6 is 12.4 Å². The van der Waals surface area contributed by atoms with Crippen LogP contribution in [-0.2, 0) is 18.4 Å². The summed E-state index contributed by atoms with van der Waals surface area (Å²) in [5.41, 5.74) is 9.00. The van der Waals surface area contributed by atoms with E-state index in [1.165, 1.54) is 0 Å². The zero-order chi connectivity index (χ0) is 16.3. The highest BCUT2D eigenvalue weighted by molar-refractivity contribution is 5.85. The van der Waals surface area contributed by atoms with Crippen molar-refractivity contribution >= 4 is 18.3 Å². The number of nitrogens with two attached hydrogens (primary N) is 1. The quantitative estimate of drug-likeness (QED) is 0.912. The molecule has 0 fully saturated rings. The number of amides is 1. The van der Waals surface area contributed by atoms with Gasteiger partial charge in [0.2, 0.25) is 5.91 Å². The second-order valence-electron chi connectivity index (χ2n) is 5.95. The van der Waals surface area contributed by atoms with Crippen LogP contribution in [-0.4, -0.2) is 27.6 Å². The molecule has 5 nitrogen and oxygen atoms in total. The Balaban J connectivity index is 0.00000264. The number of hydrogen-bond donors (Lipinski definition) is 1. The fourth-order valence-corrected chi connectivity index (χ4v) is 2.54. The molecule has 0 saturated carbocycles. The van der Waals surface area contributed by atoms with Crippen molar-refractivity contribution in [1.82, 2.24) is 14.7 Å². The number of likely N-dealkylation sites (N-methyl/N-ethyl adjacent to an activating group) is 1. The molecule has 2 N–H and O–H groups in total. The second-order valence-corrected chi connectivity index (χ2v) is 5.95. The highest BCUT2D eigenvalue weighted by atomic mass is 35.5. The Bertz CT molecular complexity index is 639. The average Bonchev–Trinajstić information content (AvgIpc) is 2.87. The molecule has 0 aliphatic rings. The fourth-order valence-electron chi connectivity index (χ4n) is 2.54. The lowest BCUT2D eigenvalue weighted by molar-refractivity contribution is -0.132.